The third-order valence-corrected chi connectivity index (χ3v) is 8.73. The maximum Gasteiger partial charge on any atom is 0.320 e. The first kappa shape index (κ1) is 16.9. The zero-order valence-electron chi connectivity index (χ0n) is 12.7. The minimum absolute atomic E-state index is 0.0734. The summed E-state index contributed by atoms with van der Waals surface area (Å²) in [5.74, 6) is -0.220. The van der Waals surface area contributed by atoms with Gasteiger partial charge >= 0.3 is 5.97 Å². The number of alkyl halides is 1. The molecule has 3 atom stereocenters. The Labute approximate surface area is 126 Å². The summed E-state index contributed by atoms with van der Waals surface area (Å²) in [5.41, 5.74) is 0. The molecular weight excluding hydrogens is 324 g/mol. The van der Waals surface area contributed by atoms with Gasteiger partial charge < -0.3 is 9.16 Å². The lowest BCUT2D eigenvalue weighted by Crippen LogP contribution is -2.43. The molecule has 3 nitrogen and oxygen atoms in total. The molecule has 0 bridgehead atoms. The first-order chi connectivity index (χ1) is 8.53. The summed E-state index contributed by atoms with van der Waals surface area (Å²) in [6, 6.07) is 0. The molecule has 110 valence electrons. The fourth-order valence-corrected chi connectivity index (χ4v) is 3.00. The second-order valence-electron chi connectivity index (χ2n) is 6.63. The Morgan fingerprint density at radius 2 is 1.84 bits per heavy atom. The van der Waals surface area contributed by atoms with Crippen molar-refractivity contribution in [1.29, 1.82) is 0 Å². The van der Waals surface area contributed by atoms with Gasteiger partial charge in [-0.1, -0.05) is 42.8 Å². The molecule has 0 N–H and O–H groups in total. The molecule has 0 aromatic heterocycles. The van der Waals surface area contributed by atoms with E-state index in [4.69, 9.17) is 9.16 Å². The largest absolute Gasteiger partial charge is 0.457 e. The third kappa shape index (κ3) is 4.72. The number of ether oxygens (including phenoxy) is 1. The monoisotopic (exact) mass is 348 g/mol. The van der Waals surface area contributed by atoms with Crippen molar-refractivity contribution in [3.63, 3.8) is 0 Å². The molecule has 1 aliphatic carbocycles. The average molecular weight is 349 g/mol. The molecule has 0 aromatic carbocycles. The first-order valence-electron chi connectivity index (χ1n) is 6.73. The van der Waals surface area contributed by atoms with Crippen LogP contribution in [0.15, 0.2) is 12.2 Å². The van der Waals surface area contributed by atoms with Crippen LogP contribution in [0.25, 0.3) is 0 Å². The van der Waals surface area contributed by atoms with Crippen molar-refractivity contribution in [3.8, 4) is 0 Å². The van der Waals surface area contributed by atoms with Crippen molar-refractivity contribution < 1.29 is 14.0 Å². The predicted molar refractivity (Wildman–Crippen MR) is 84.1 cm³/mol. The van der Waals surface area contributed by atoms with Gasteiger partial charge in [-0.25, -0.2) is 0 Å². The SMILES string of the molecule is C[C@H](Br)C(=O)O[C@@H]1C=C[C@H](O[Si](C)(C)C(C)(C)C)C1. The normalized spacial score (nSPS) is 25.4. The molecule has 0 saturated carbocycles. The van der Waals surface area contributed by atoms with Crippen LogP contribution in [0.1, 0.15) is 34.1 Å². The second-order valence-corrected chi connectivity index (χ2v) is 12.8. The van der Waals surface area contributed by atoms with Crippen molar-refractivity contribution in [2.75, 3.05) is 0 Å². The summed E-state index contributed by atoms with van der Waals surface area (Å²) in [4.78, 5) is 11.3. The molecule has 0 saturated heterocycles. The number of halogens is 1. The summed E-state index contributed by atoms with van der Waals surface area (Å²) >= 11 is 3.21. The van der Waals surface area contributed by atoms with Gasteiger partial charge in [0, 0.05) is 6.42 Å². The van der Waals surface area contributed by atoms with Crippen molar-refractivity contribution >= 4 is 30.2 Å². The number of carbonyl (C=O) groups excluding carboxylic acids is 1. The van der Waals surface area contributed by atoms with Gasteiger partial charge in [-0.15, -0.1) is 0 Å². The summed E-state index contributed by atoms with van der Waals surface area (Å²) in [5, 5.41) is 0.194. The van der Waals surface area contributed by atoms with E-state index in [1.807, 2.05) is 12.2 Å². The standard InChI is InChI=1S/C14H25BrO3Si/c1-10(15)13(16)17-11-7-8-12(9-11)18-19(5,6)14(2,3)4/h7-8,10-12H,9H2,1-6H3/t10-,11+,12-/m0/s1. The maximum atomic E-state index is 11.5. The van der Waals surface area contributed by atoms with Gasteiger partial charge in [0.15, 0.2) is 8.32 Å². The van der Waals surface area contributed by atoms with Crippen molar-refractivity contribution in [3.05, 3.63) is 12.2 Å². The van der Waals surface area contributed by atoms with Crippen LogP contribution >= 0.6 is 15.9 Å². The number of hydrogen-bond donors (Lipinski definition) is 0. The lowest BCUT2D eigenvalue weighted by atomic mass is 10.2. The van der Waals surface area contributed by atoms with E-state index in [2.05, 4.69) is 49.8 Å². The molecule has 0 aromatic rings. The zero-order valence-corrected chi connectivity index (χ0v) is 15.3. The zero-order chi connectivity index (χ0) is 14.8. The minimum atomic E-state index is -1.76. The van der Waals surface area contributed by atoms with Crippen LogP contribution in [0.5, 0.6) is 0 Å². The van der Waals surface area contributed by atoms with E-state index in [0.29, 0.717) is 0 Å². The molecular formula is C14H25BrO3Si. The predicted octanol–water partition coefficient (Wildman–Crippen LogP) is 4.03. The highest BCUT2D eigenvalue weighted by atomic mass is 79.9. The molecule has 1 aliphatic rings. The number of rotatable bonds is 4. The molecule has 1 rings (SSSR count). The van der Waals surface area contributed by atoms with E-state index < -0.39 is 8.32 Å². The van der Waals surface area contributed by atoms with Crippen LogP contribution < -0.4 is 0 Å². The molecule has 5 heteroatoms. The van der Waals surface area contributed by atoms with Crippen LogP contribution in [-0.2, 0) is 14.0 Å². The average Bonchev–Trinajstić information content (AvgIpc) is 2.62. The van der Waals surface area contributed by atoms with E-state index in [0.717, 1.165) is 6.42 Å². The van der Waals surface area contributed by atoms with Gasteiger partial charge in [0.05, 0.1) is 6.10 Å². The Hall–Kier alpha value is -0.133. The second kappa shape index (κ2) is 6.10. The van der Waals surface area contributed by atoms with Crippen molar-refractivity contribution in [2.24, 2.45) is 0 Å². The Bertz CT molecular complexity index is 358. The molecule has 0 spiro atoms. The van der Waals surface area contributed by atoms with E-state index in [9.17, 15) is 4.79 Å². The van der Waals surface area contributed by atoms with Gasteiger partial charge in [0.2, 0.25) is 0 Å². The van der Waals surface area contributed by atoms with Gasteiger partial charge in [-0.05, 0) is 31.1 Å². The Morgan fingerprint density at radius 3 is 2.32 bits per heavy atom. The molecule has 0 heterocycles. The lowest BCUT2D eigenvalue weighted by Gasteiger charge is -2.38. The Kier molecular flexibility index (Phi) is 5.43. The fraction of sp³-hybridized carbons (Fsp3) is 0.786. The summed E-state index contributed by atoms with van der Waals surface area (Å²) < 4.78 is 11.7. The lowest BCUT2D eigenvalue weighted by molar-refractivity contribution is -0.146. The van der Waals surface area contributed by atoms with E-state index >= 15 is 0 Å². The topological polar surface area (TPSA) is 35.5 Å². The van der Waals surface area contributed by atoms with Crippen LogP contribution in [0.3, 0.4) is 0 Å². The van der Waals surface area contributed by atoms with Crippen LogP contribution in [0.4, 0.5) is 0 Å². The van der Waals surface area contributed by atoms with Gasteiger partial charge in [0.1, 0.15) is 10.9 Å². The van der Waals surface area contributed by atoms with Crippen LogP contribution in [0, 0.1) is 0 Å². The van der Waals surface area contributed by atoms with Gasteiger partial charge in [-0.2, -0.15) is 0 Å². The Morgan fingerprint density at radius 1 is 1.32 bits per heavy atom. The van der Waals surface area contributed by atoms with Gasteiger partial charge in [0.25, 0.3) is 0 Å². The summed E-state index contributed by atoms with van der Waals surface area (Å²) in [6.07, 6.45) is 4.62. The highest BCUT2D eigenvalue weighted by molar-refractivity contribution is 9.10. The molecule has 0 amide bonds. The molecule has 0 fully saturated rings. The smallest absolute Gasteiger partial charge is 0.320 e. The summed E-state index contributed by atoms with van der Waals surface area (Å²) in [7, 11) is -1.76. The number of carbonyl (C=O) groups is 1. The Balaban J connectivity index is 2.50. The van der Waals surface area contributed by atoms with E-state index in [-0.39, 0.29) is 28.0 Å². The van der Waals surface area contributed by atoms with Crippen LogP contribution in [-0.4, -0.2) is 31.3 Å². The molecule has 0 aliphatic heterocycles. The highest BCUT2D eigenvalue weighted by Crippen LogP contribution is 2.38. The minimum Gasteiger partial charge on any atom is -0.457 e. The fourth-order valence-electron chi connectivity index (χ4n) is 1.61. The van der Waals surface area contributed by atoms with E-state index in [1.165, 1.54) is 0 Å². The summed E-state index contributed by atoms with van der Waals surface area (Å²) in [6.45, 7) is 12.9. The van der Waals surface area contributed by atoms with E-state index in [1.54, 1.807) is 6.92 Å². The first-order valence-corrected chi connectivity index (χ1v) is 10.6. The van der Waals surface area contributed by atoms with Gasteiger partial charge in [-0.3, -0.25) is 4.79 Å². The molecule has 0 unspecified atom stereocenters. The quantitative estimate of drug-likeness (QED) is 0.333. The van der Waals surface area contributed by atoms with Crippen LogP contribution in [0.2, 0.25) is 18.1 Å². The molecule has 0 radical (unpaired) electrons. The highest BCUT2D eigenvalue weighted by Gasteiger charge is 2.40. The van der Waals surface area contributed by atoms with Crippen molar-refractivity contribution in [2.45, 2.75) is 69.3 Å². The van der Waals surface area contributed by atoms with Crippen molar-refractivity contribution in [1.82, 2.24) is 0 Å². The molecule has 19 heavy (non-hydrogen) atoms. The number of hydrogen-bond acceptors (Lipinski definition) is 3. The number of esters is 1. The maximum absolute atomic E-state index is 11.5. The third-order valence-electron chi connectivity index (χ3n) is 3.85.